The fourth-order valence-corrected chi connectivity index (χ4v) is 3.43. The van der Waals surface area contributed by atoms with Gasteiger partial charge < -0.3 is 20.5 Å². The summed E-state index contributed by atoms with van der Waals surface area (Å²) in [7, 11) is 0. The van der Waals surface area contributed by atoms with Crippen molar-refractivity contribution in [2.45, 2.75) is 57.4 Å². The van der Waals surface area contributed by atoms with Gasteiger partial charge in [0.05, 0.1) is 24.9 Å². The minimum absolute atomic E-state index is 0.0364. The van der Waals surface area contributed by atoms with Gasteiger partial charge in [-0.3, -0.25) is 4.68 Å². The van der Waals surface area contributed by atoms with Gasteiger partial charge in [-0.05, 0) is 37.8 Å². The van der Waals surface area contributed by atoms with E-state index < -0.39 is 6.10 Å². The second-order valence-corrected chi connectivity index (χ2v) is 7.23. The second-order valence-electron chi connectivity index (χ2n) is 7.23. The van der Waals surface area contributed by atoms with Gasteiger partial charge in [0, 0.05) is 18.7 Å². The first-order valence-corrected chi connectivity index (χ1v) is 10.1. The zero-order valence-corrected chi connectivity index (χ0v) is 16.6. The van der Waals surface area contributed by atoms with Crippen molar-refractivity contribution < 1.29 is 19.0 Å². The van der Waals surface area contributed by atoms with Gasteiger partial charge >= 0.3 is 6.03 Å². The number of nitrogens with one attached hydrogen (secondary N) is 2. The fraction of sp³-hybridized carbons (Fsp3) is 0.550. The Labute approximate surface area is 169 Å². The molecule has 1 aromatic carbocycles. The number of amides is 2. The molecule has 1 aliphatic heterocycles. The van der Waals surface area contributed by atoms with Crippen molar-refractivity contribution in [2.24, 2.45) is 0 Å². The van der Waals surface area contributed by atoms with Crippen LogP contribution in [0, 0.1) is 5.82 Å². The Morgan fingerprint density at radius 3 is 3.03 bits per heavy atom. The molecule has 1 saturated heterocycles. The van der Waals surface area contributed by atoms with E-state index in [1.165, 1.54) is 12.1 Å². The van der Waals surface area contributed by atoms with Crippen LogP contribution in [0.3, 0.4) is 0 Å². The molecule has 1 aromatic heterocycles. The van der Waals surface area contributed by atoms with Crippen molar-refractivity contribution >= 4 is 6.03 Å². The molecule has 3 atom stereocenters. The first-order chi connectivity index (χ1) is 14.1. The molecule has 29 heavy (non-hydrogen) atoms. The lowest BCUT2D eigenvalue weighted by Crippen LogP contribution is -2.53. The number of aliphatic hydroxyl groups is 1. The number of nitrogens with zero attached hydrogens (tertiary/aromatic N) is 3. The molecule has 0 spiro atoms. The molecule has 9 heteroatoms. The number of benzene rings is 1. The summed E-state index contributed by atoms with van der Waals surface area (Å²) in [6.07, 6.45) is 4.40. The topological polar surface area (TPSA) is 101 Å². The quantitative estimate of drug-likeness (QED) is 0.624. The van der Waals surface area contributed by atoms with Crippen LogP contribution in [0.4, 0.5) is 9.18 Å². The lowest BCUT2D eigenvalue weighted by Gasteiger charge is -2.36. The smallest absolute Gasteiger partial charge is 0.315 e. The molecule has 8 nitrogen and oxygen atoms in total. The van der Waals surface area contributed by atoms with E-state index in [1.54, 1.807) is 23.0 Å². The first kappa shape index (κ1) is 21.2. The van der Waals surface area contributed by atoms with Gasteiger partial charge in [-0.2, -0.15) is 0 Å². The van der Waals surface area contributed by atoms with Crippen LogP contribution in [0.25, 0.3) is 11.3 Å². The van der Waals surface area contributed by atoms with E-state index in [0.717, 1.165) is 19.3 Å². The van der Waals surface area contributed by atoms with E-state index in [2.05, 4.69) is 20.9 Å². The highest BCUT2D eigenvalue weighted by molar-refractivity contribution is 5.74. The summed E-state index contributed by atoms with van der Waals surface area (Å²) < 4.78 is 21.1. The number of ether oxygens (including phenoxy) is 1. The lowest BCUT2D eigenvalue weighted by atomic mass is 9.97. The summed E-state index contributed by atoms with van der Waals surface area (Å²) in [5.41, 5.74) is 1.30. The summed E-state index contributed by atoms with van der Waals surface area (Å²) in [4.78, 5) is 11.9. The number of carbonyl (C=O) groups excluding carboxylic acids is 1. The number of rotatable bonds is 8. The third-order valence-corrected chi connectivity index (χ3v) is 4.99. The van der Waals surface area contributed by atoms with E-state index in [4.69, 9.17) is 4.74 Å². The molecule has 3 N–H and O–H groups in total. The summed E-state index contributed by atoms with van der Waals surface area (Å²) >= 11 is 0. The highest BCUT2D eigenvalue weighted by atomic mass is 19.1. The van der Waals surface area contributed by atoms with Gasteiger partial charge in [-0.1, -0.05) is 24.3 Å². The van der Waals surface area contributed by atoms with Gasteiger partial charge in [-0.25, -0.2) is 9.18 Å². The molecule has 2 heterocycles. The zero-order valence-electron chi connectivity index (χ0n) is 16.6. The van der Waals surface area contributed by atoms with Crippen LogP contribution in [0.1, 0.15) is 32.6 Å². The van der Waals surface area contributed by atoms with Crippen molar-refractivity contribution in [1.82, 2.24) is 25.6 Å². The molecule has 0 aliphatic carbocycles. The summed E-state index contributed by atoms with van der Waals surface area (Å²) in [6.45, 7) is 3.05. The molecule has 0 radical (unpaired) electrons. The number of carbonyl (C=O) groups is 1. The molecular formula is C20H28FN5O3. The minimum Gasteiger partial charge on any atom is -0.394 e. The standard InChI is InChI=1S/C20H28FN5O3/c1-2-9-22-20(28)23-17-7-6-16(29-19(17)13-27)8-10-26-12-18(24-25-26)14-4-3-5-15(21)11-14/h3-5,11-12,16-17,19,27H,2,6-10,13H2,1H3,(H2,22,23,28)/t16-,17-,19+/m0/s1. The van der Waals surface area contributed by atoms with Crippen LogP contribution in [-0.4, -0.2) is 57.5 Å². The Hall–Kier alpha value is -2.52. The van der Waals surface area contributed by atoms with Crippen LogP contribution in [0.5, 0.6) is 0 Å². The summed E-state index contributed by atoms with van der Waals surface area (Å²) in [5.74, 6) is -0.311. The van der Waals surface area contributed by atoms with Gasteiger partial charge in [0.15, 0.2) is 0 Å². The highest BCUT2D eigenvalue weighted by Crippen LogP contribution is 2.23. The third kappa shape index (κ3) is 5.98. The molecule has 2 aromatic rings. The molecule has 0 saturated carbocycles. The second kappa shape index (κ2) is 10.3. The summed E-state index contributed by atoms with van der Waals surface area (Å²) in [5, 5.41) is 23.5. The van der Waals surface area contributed by atoms with E-state index in [0.29, 0.717) is 30.8 Å². The van der Waals surface area contributed by atoms with Crippen molar-refractivity contribution in [1.29, 1.82) is 0 Å². The van der Waals surface area contributed by atoms with Crippen LogP contribution >= 0.6 is 0 Å². The minimum atomic E-state index is -0.431. The Bertz CT molecular complexity index is 800. The van der Waals surface area contributed by atoms with Gasteiger partial charge in [0.2, 0.25) is 0 Å². The van der Waals surface area contributed by atoms with Gasteiger partial charge in [-0.15, -0.1) is 5.10 Å². The third-order valence-electron chi connectivity index (χ3n) is 4.99. The number of aryl methyl sites for hydroxylation is 1. The predicted octanol–water partition coefficient (Wildman–Crippen LogP) is 2.09. The zero-order chi connectivity index (χ0) is 20.6. The number of hydrogen-bond donors (Lipinski definition) is 3. The molecule has 0 bridgehead atoms. The van der Waals surface area contributed by atoms with Crippen molar-refractivity contribution in [3.8, 4) is 11.3 Å². The average Bonchev–Trinajstić information content (AvgIpc) is 3.20. The first-order valence-electron chi connectivity index (χ1n) is 10.1. The van der Waals surface area contributed by atoms with Crippen molar-refractivity contribution in [2.75, 3.05) is 13.2 Å². The van der Waals surface area contributed by atoms with E-state index in [1.807, 2.05) is 6.92 Å². The monoisotopic (exact) mass is 405 g/mol. The number of urea groups is 1. The highest BCUT2D eigenvalue weighted by Gasteiger charge is 2.31. The Balaban J connectivity index is 1.49. The van der Waals surface area contributed by atoms with E-state index in [-0.39, 0.29) is 30.6 Å². The Kier molecular flexibility index (Phi) is 7.54. The van der Waals surface area contributed by atoms with Crippen molar-refractivity contribution in [3.05, 3.63) is 36.3 Å². The van der Waals surface area contributed by atoms with Gasteiger partial charge in [0.25, 0.3) is 0 Å². The maximum Gasteiger partial charge on any atom is 0.315 e. The molecule has 3 rings (SSSR count). The van der Waals surface area contributed by atoms with Crippen LogP contribution in [0.15, 0.2) is 30.5 Å². The maximum absolute atomic E-state index is 13.4. The fourth-order valence-electron chi connectivity index (χ4n) is 3.43. The van der Waals surface area contributed by atoms with Crippen LogP contribution in [-0.2, 0) is 11.3 Å². The van der Waals surface area contributed by atoms with Gasteiger partial charge in [0.1, 0.15) is 17.6 Å². The average molecular weight is 405 g/mol. The van der Waals surface area contributed by atoms with E-state index >= 15 is 0 Å². The van der Waals surface area contributed by atoms with E-state index in [9.17, 15) is 14.3 Å². The van der Waals surface area contributed by atoms with Crippen molar-refractivity contribution in [3.63, 3.8) is 0 Å². The maximum atomic E-state index is 13.4. The normalized spacial score (nSPS) is 21.7. The largest absolute Gasteiger partial charge is 0.394 e. The predicted molar refractivity (Wildman–Crippen MR) is 106 cm³/mol. The molecule has 1 aliphatic rings. The lowest BCUT2D eigenvalue weighted by molar-refractivity contribution is -0.0907. The number of aromatic nitrogens is 3. The Morgan fingerprint density at radius 2 is 2.28 bits per heavy atom. The molecular weight excluding hydrogens is 377 g/mol. The SMILES string of the molecule is CCCNC(=O)N[C@H]1CC[C@@H](CCn2cc(-c3cccc(F)c3)nn2)O[C@@H]1CO. The molecule has 2 amide bonds. The number of halogens is 1. The molecule has 158 valence electrons. The van der Waals surface area contributed by atoms with Crippen LogP contribution in [0.2, 0.25) is 0 Å². The Morgan fingerprint density at radius 1 is 1.41 bits per heavy atom. The molecule has 0 unspecified atom stereocenters. The molecule has 1 fully saturated rings. The number of hydrogen-bond acceptors (Lipinski definition) is 5. The summed E-state index contributed by atoms with van der Waals surface area (Å²) in [6, 6.07) is 5.80. The number of aliphatic hydroxyl groups excluding tert-OH is 1. The van der Waals surface area contributed by atoms with Crippen LogP contribution < -0.4 is 10.6 Å².